The molecule has 0 radical (unpaired) electrons. The third-order valence-electron chi connectivity index (χ3n) is 5.11. The molecule has 0 N–H and O–H groups in total. The van der Waals surface area contributed by atoms with Crippen molar-refractivity contribution in [2.75, 3.05) is 14.2 Å². The largest absolute Gasteiger partial charge is 0.493 e. The Balaban J connectivity index is 1.69. The number of pyridine rings is 3. The van der Waals surface area contributed by atoms with E-state index in [0.717, 1.165) is 32.9 Å². The van der Waals surface area contributed by atoms with Crippen molar-refractivity contribution in [2.45, 2.75) is 0 Å². The lowest BCUT2D eigenvalue weighted by atomic mass is 10.0. The summed E-state index contributed by atoms with van der Waals surface area (Å²) >= 11 is 0. The Morgan fingerprint density at radius 2 is 1.55 bits per heavy atom. The van der Waals surface area contributed by atoms with Crippen LogP contribution in [0.15, 0.2) is 79.4 Å². The van der Waals surface area contributed by atoms with Crippen molar-refractivity contribution in [2.24, 2.45) is 0 Å². The second-order valence-electron chi connectivity index (χ2n) is 6.92. The molecule has 2 aromatic carbocycles. The van der Waals surface area contributed by atoms with E-state index >= 15 is 0 Å². The van der Waals surface area contributed by atoms with Crippen LogP contribution >= 0.6 is 0 Å². The quantitative estimate of drug-likeness (QED) is 0.373. The monoisotopic (exact) mass is 409 g/mol. The third-order valence-corrected chi connectivity index (χ3v) is 5.11. The Bertz CT molecular complexity index is 1390. The van der Waals surface area contributed by atoms with Crippen LogP contribution in [0.1, 0.15) is 0 Å². The molecule has 5 rings (SSSR count). The number of hydrogen-bond acceptors (Lipinski definition) is 6. The standard InChI is InChI=1S/C25H19N3O3/c1-29-24-13-19-21(14-25(24)30-2)28-10-7-22(19)31-23-12-16-6-9-26-15-17(16)11-18(23)20-5-3-4-8-27-20/h3-15H,1-2H3. The topological polar surface area (TPSA) is 66.4 Å². The second kappa shape index (κ2) is 7.91. The molecule has 3 heterocycles. The van der Waals surface area contributed by atoms with E-state index in [1.54, 1.807) is 32.8 Å². The van der Waals surface area contributed by atoms with Gasteiger partial charge in [0.2, 0.25) is 0 Å². The molecule has 0 unspecified atom stereocenters. The minimum absolute atomic E-state index is 0.613. The highest BCUT2D eigenvalue weighted by Gasteiger charge is 2.15. The van der Waals surface area contributed by atoms with Gasteiger partial charge in [0, 0.05) is 47.2 Å². The Morgan fingerprint density at radius 1 is 0.677 bits per heavy atom. The molecule has 0 bridgehead atoms. The summed E-state index contributed by atoms with van der Waals surface area (Å²) in [6, 6.07) is 17.4. The third kappa shape index (κ3) is 3.48. The fraction of sp³-hybridized carbons (Fsp3) is 0.0800. The van der Waals surface area contributed by atoms with Gasteiger partial charge in [0.05, 0.1) is 25.4 Å². The molecule has 0 aliphatic rings. The molecule has 5 aromatic rings. The predicted molar refractivity (Wildman–Crippen MR) is 120 cm³/mol. The Kier molecular flexibility index (Phi) is 4.80. The lowest BCUT2D eigenvalue weighted by Gasteiger charge is -2.15. The molecule has 0 saturated carbocycles. The maximum atomic E-state index is 6.46. The normalized spacial score (nSPS) is 10.9. The first-order valence-corrected chi connectivity index (χ1v) is 9.74. The van der Waals surface area contributed by atoms with Gasteiger partial charge in [0.25, 0.3) is 0 Å². The van der Waals surface area contributed by atoms with Crippen LogP contribution in [0.5, 0.6) is 23.0 Å². The van der Waals surface area contributed by atoms with Gasteiger partial charge in [-0.05, 0) is 47.9 Å². The molecule has 6 heteroatoms. The fourth-order valence-corrected chi connectivity index (χ4v) is 3.58. The molecule has 0 amide bonds. The number of aromatic nitrogens is 3. The molecule has 0 saturated heterocycles. The van der Waals surface area contributed by atoms with Gasteiger partial charge in [-0.15, -0.1) is 0 Å². The number of rotatable bonds is 5. The van der Waals surface area contributed by atoms with Crippen LogP contribution in [0, 0.1) is 0 Å². The summed E-state index contributed by atoms with van der Waals surface area (Å²) in [6.07, 6.45) is 7.09. The number of benzene rings is 2. The summed E-state index contributed by atoms with van der Waals surface area (Å²) < 4.78 is 17.3. The number of fused-ring (bicyclic) bond motifs is 2. The summed E-state index contributed by atoms with van der Waals surface area (Å²) in [4.78, 5) is 13.2. The van der Waals surface area contributed by atoms with Gasteiger partial charge in [-0.3, -0.25) is 15.0 Å². The Morgan fingerprint density at radius 3 is 2.35 bits per heavy atom. The number of ether oxygens (including phenoxy) is 3. The molecule has 3 aromatic heterocycles. The molecule has 31 heavy (non-hydrogen) atoms. The van der Waals surface area contributed by atoms with Crippen molar-refractivity contribution in [3.05, 3.63) is 79.4 Å². The van der Waals surface area contributed by atoms with Crippen LogP contribution in [0.3, 0.4) is 0 Å². The average Bonchev–Trinajstić information content (AvgIpc) is 2.83. The van der Waals surface area contributed by atoms with Crippen LogP contribution in [0.25, 0.3) is 32.9 Å². The van der Waals surface area contributed by atoms with E-state index in [-0.39, 0.29) is 0 Å². The first-order chi connectivity index (χ1) is 15.3. The van der Waals surface area contributed by atoms with E-state index in [2.05, 4.69) is 15.0 Å². The summed E-state index contributed by atoms with van der Waals surface area (Å²) in [6.45, 7) is 0. The Labute approximate surface area is 179 Å². The highest BCUT2D eigenvalue weighted by atomic mass is 16.5. The van der Waals surface area contributed by atoms with Gasteiger partial charge in [-0.25, -0.2) is 0 Å². The fourth-order valence-electron chi connectivity index (χ4n) is 3.58. The van der Waals surface area contributed by atoms with Gasteiger partial charge in [-0.2, -0.15) is 0 Å². The SMILES string of the molecule is COc1cc2nccc(Oc3cc4ccncc4cc3-c3ccccn3)c2cc1OC. The zero-order valence-corrected chi connectivity index (χ0v) is 17.1. The first-order valence-electron chi connectivity index (χ1n) is 9.74. The van der Waals surface area contributed by atoms with Gasteiger partial charge in [-0.1, -0.05) is 6.07 Å². The summed E-state index contributed by atoms with van der Waals surface area (Å²) in [7, 11) is 3.21. The lowest BCUT2D eigenvalue weighted by molar-refractivity contribution is 0.355. The highest BCUT2D eigenvalue weighted by molar-refractivity contribution is 5.91. The van der Waals surface area contributed by atoms with Crippen molar-refractivity contribution < 1.29 is 14.2 Å². The van der Waals surface area contributed by atoms with E-state index in [9.17, 15) is 0 Å². The maximum Gasteiger partial charge on any atom is 0.162 e. The van der Waals surface area contributed by atoms with Crippen LogP contribution in [-0.2, 0) is 0 Å². The minimum atomic E-state index is 0.613. The highest BCUT2D eigenvalue weighted by Crippen LogP contribution is 2.40. The molecule has 152 valence electrons. The number of hydrogen-bond donors (Lipinski definition) is 0. The molecule has 0 spiro atoms. The molecule has 0 fully saturated rings. The molecule has 0 aliphatic heterocycles. The average molecular weight is 409 g/mol. The van der Waals surface area contributed by atoms with E-state index in [1.165, 1.54) is 0 Å². The van der Waals surface area contributed by atoms with Crippen molar-refractivity contribution >= 4 is 21.7 Å². The minimum Gasteiger partial charge on any atom is -0.493 e. The van der Waals surface area contributed by atoms with Crippen molar-refractivity contribution in [3.8, 4) is 34.3 Å². The molecular formula is C25H19N3O3. The molecular weight excluding hydrogens is 390 g/mol. The van der Waals surface area contributed by atoms with Crippen molar-refractivity contribution in [1.29, 1.82) is 0 Å². The zero-order chi connectivity index (χ0) is 21.2. The molecule has 6 nitrogen and oxygen atoms in total. The summed E-state index contributed by atoms with van der Waals surface area (Å²) in [5, 5.41) is 2.87. The summed E-state index contributed by atoms with van der Waals surface area (Å²) in [5.41, 5.74) is 2.45. The van der Waals surface area contributed by atoms with Crippen LogP contribution in [0.2, 0.25) is 0 Å². The smallest absolute Gasteiger partial charge is 0.162 e. The summed E-state index contributed by atoms with van der Waals surface area (Å²) in [5.74, 6) is 2.59. The van der Waals surface area contributed by atoms with E-state index < -0.39 is 0 Å². The first kappa shape index (κ1) is 18.8. The van der Waals surface area contributed by atoms with Crippen molar-refractivity contribution in [1.82, 2.24) is 15.0 Å². The Hall–Kier alpha value is -4.19. The van der Waals surface area contributed by atoms with Gasteiger partial charge in [0.1, 0.15) is 11.5 Å². The van der Waals surface area contributed by atoms with Gasteiger partial charge >= 0.3 is 0 Å². The predicted octanol–water partition coefficient (Wildman–Crippen LogP) is 5.65. The van der Waals surface area contributed by atoms with Crippen LogP contribution in [0.4, 0.5) is 0 Å². The van der Waals surface area contributed by atoms with Crippen LogP contribution in [-0.4, -0.2) is 29.2 Å². The maximum absolute atomic E-state index is 6.46. The van der Waals surface area contributed by atoms with Crippen molar-refractivity contribution in [3.63, 3.8) is 0 Å². The molecule has 0 atom stereocenters. The number of nitrogens with zero attached hydrogens (tertiary/aromatic N) is 3. The van der Waals surface area contributed by atoms with Gasteiger partial charge in [0.15, 0.2) is 11.5 Å². The lowest BCUT2D eigenvalue weighted by Crippen LogP contribution is -1.95. The van der Waals surface area contributed by atoms with E-state index in [0.29, 0.717) is 23.0 Å². The number of methoxy groups -OCH3 is 2. The van der Waals surface area contributed by atoms with Gasteiger partial charge < -0.3 is 14.2 Å². The zero-order valence-electron chi connectivity index (χ0n) is 17.1. The van der Waals surface area contributed by atoms with E-state index in [1.807, 2.05) is 60.8 Å². The van der Waals surface area contributed by atoms with Crippen LogP contribution < -0.4 is 14.2 Å². The van der Waals surface area contributed by atoms with E-state index in [4.69, 9.17) is 14.2 Å². The second-order valence-corrected chi connectivity index (χ2v) is 6.92. The molecule has 0 aliphatic carbocycles.